The van der Waals surface area contributed by atoms with Crippen molar-refractivity contribution >= 4 is 0 Å². The second-order valence-electron chi connectivity index (χ2n) is 7.96. The number of hydrogen-bond donors (Lipinski definition) is 0. The lowest BCUT2D eigenvalue weighted by molar-refractivity contribution is 0.265. The molecule has 0 aromatic carbocycles. The maximum absolute atomic E-state index is 4.93. The van der Waals surface area contributed by atoms with Gasteiger partial charge in [0.1, 0.15) is 5.82 Å². The molecule has 21 heavy (non-hydrogen) atoms. The van der Waals surface area contributed by atoms with Gasteiger partial charge < -0.3 is 4.57 Å². The van der Waals surface area contributed by atoms with Gasteiger partial charge in [-0.3, -0.25) is 0 Å². The fourth-order valence-corrected chi connectivity index (χ4v) is 3.42. The highest BCUT2D eigenvalue weighted by Crippen LogP contribution is 2.33. The third kappa shape index (κ3) is 3.14. The highest BCUT2D eigenvalue weighted by molar-refractivity contribution is 5.59. The van der Waals surface area contributed by atoms with Gasteiger partial charge in [-0.1, -0.05) is 40.5 Å². The standard InChI is InChI=1S/C19H28N2/c1-14-7-9-15(10-8-14)13-21-11-5-6-16-12-17(19(2,3)4)20-18(16)21/h5-6,11-12,14-15H,7-10,13H2,1-4H3. The fourth-order valence-electron chi connectivity index (χ4n) is 3.42. The van der Waals surface area contributed by atoms with E-state index in [1.807, 2.05) is 0 Å². The van der Waals surface area contributed by atoms with Crippen LogP contribution in [0.15, 0.2) is 24.4 Å². The van der Waals surface area contributed by atoms with Crippen LogP contribution < -0.4 is 0 Å². The van der Waals surface area contributed by atoms with E-state index in [4.69, 9.17) is 4.98 Å². The molecule has 0 amide bonds. The van der Waals surface area contributed by atoms with Gasteiger partial charge in [0.15, 0.2) is 0 Å². The second kappa shape index (κ2) is 5.47. The molecule has 0 aromatic heterocycles. The average molecular weight is 284 g/mol. The summed E-state index contributed by atoms with van der Waals surface area (Å²) in [5, 5.41) is 0. The van der Waals surface area contributed by atoms with E-state index in [2.05, 4.69) is 56.7 Å². The molecule has 3 aliphatic rings. The average Bonchev–Trinajstić information content (AvgIpc) is 2.86. The lowest BCUT2D eigenvalue weighted by atomic mass is 9.83. The molecule has 0 radical (unpaired) electrons. The summed E-state index contributed by atoms with van der Waals surface area (Å²) in [6.45, 7) is 10.2. The zero-order chi connectivity index (χ0) is 15.0. The van der Waals surface area contributed by atoms with Crippen molar-refractivity contribution in [3.8, 4) is 11.4 Å². The molecule has 2 heterocycles. The summed E-state index contributed by atoms with van der Waals surface area (Å²) in [6.07, 6.45) is 7.74. The number of pyridine rings is 1. The summed E-state index contributed by atoms with van der Waals surface area (Å²) in [4.78, 5) is 4.93. The molecule has 114 valence electrons. The quantitative estimate of drug-likeness (QED) is 0.749. The molecule has 0 unspecified atom stereocenters. The Kier molecular flexibility index (Phi) is 3.81. The predicted molar refractivity (Wildman–Crippen MR) is 88.7 cm³/mol. The van der Waals surface area contributed by atoms with Crippen LogP contribution in [0.4, 0.5) is 0 Å². The van der Waals surface area contributed by atoms with Gasteiger partial charge in [0.05, 0.1) is 0 Å². The Morgan fingerprint density at radius 3 is 2.57 bits per heavy atom. The molecule has 0 saturated heterocycles. The third-order valence-electron chi connectivity index (χ3n) is 4.95. The number of fused-ring (bicyclic) bond motifs is 1. The van der Waals surface area contributed by atoms with Crippen LogP contribution in [-0.4, -0.2) is 9.55 Å². The van der Waals surface area contributed by atoms with E-state index in [0.717, 1.165) is 18.4 Å². The highest BCUT2D eigenvalue weighted by Gasteiger charge is 2.23. The first-order valence-corrected chi connectivity index (χ1v) is 8.40. The molecule has 2 heteroatoms. The number of nitrogens with zero attached hydrogens (tertiary/aromatic N) is 2. The van der Waals surface area contributed by atoms with Crippen LogP contribution in [0.1, 0.15) is 59.1 Å². The van der Waals surface area contributed by atoms with Gasteiger partial charge in [0.25, 0.3) is 0 Å². The fraction of sp³-hybridized carbons (Fsp3) is 0.632. The SMILES string of the molecule is CC1CCC(Cn2cccc3cc(C(C)(C)C)nc2-3)CC1. The van der Waals surface area contributed by atoms with Crippen LogP contribution >= 0.6 is 0 Å². The number of rotatable bonds is 2. The van der Waals surface area contributed by atoms with E-state index >= 15 is 0 Å². The summed E-state index contributed by atoms with van der Waals surface area (Å²) in [5.74, 6) is 2.92. The van der Waals surface area contributed by atoms with Gasteiger partial charge in [-0.2, -0.15) is 0 Å². The van der Waals surface area contributed by atoms with Gasteiger partial charge in [0.2, 0.25) is 0 Å². The number of aromatic nitrogens is 2. The van der Waals surface area contributed by atoms with Crippen molar-refractivity contribution in [3.05, 3.63) is 30.1 Å². The van der Waals surface area contributed by atoms with Crippen LogP contribution in [0.3, 0.4) is 0 Å². The maximum atomic E-state index is 4.93. The normalized spacial score (nSPS) is 23.6. The molecule has 1 saturated carbocycles. The summed E-state index contributed by atoms with van der Waals surface area (Å²) >= 11 is 0. The largest absolute Gasteiger partial charge is 0.332 e. The van der Waals surface area contributed by atoms with Gasteiger partial charge in [-0.15, -0.1) is 0 Å². The van der Waals surface area contributed by atoms with Crippen molar-refractivity contribution in [2.45, 2.75) is 65.3 Å². The van der Waals surface area contributed by atoms with Crippen molar-refractivity contribution in [3.63, 3.8) is 0 Å². The highest BCUT2D eigenvalue weighted by atomic mass is 15.0. The van der Waals surface area contributed by atoms with E-state index in [1.165, 1.54) is 42.8 Å². The van der Waals surface area contributed by atoms with Gasteiger partial charge in [-0.05, 0) is 42.9 Å². The zero-order valence-electron chi connectivity index (χ0n) is 13.9. The van der Waals surface area contributed by atoms with Crippen molar-refractivity contribution in [1.29, 1.82) is 0 Å². The lowest BCUT2D eigenvalue weighted by Gasteiger charge is -2.27. The van der Waals surface area contributed by atoms with E-state index < -0.39 is 0 Å². The van der Waals surface area contributed by atoms with Crippen molar-refractivity contribution in [2.75, 3.05) is 0 Å². The summed E-state index contributed by atoms with van der Waals surface area (Å²) in [5.41, 5.74) is 2.61. The van der Waals surface area contributed by atoms with E-state index in [1.54, 1.807) is 0 Å². The Hall–Kier alpha value is -1.31. The van der Waals surface area contributed by atoms with Crippen molar-refractivity contribution in [2.24, 2.45) is 11.8 Å². The van der Waals surface area contributed by atoms with E-state index in [0.29, 0.717) is 0 Å². The molecule has 2 nitrogen and oxygen atoms in total. The van der Waals surface area contributed by atoms with Crippen LogP contribution in [0, 0.1) is 11.8 Å². The van der Waals surface area contributed by atoms with Crippen LogP contribution in [0.5, 0.6) is 0 Å². The minimum atomic E-state index is 0.122. The monoisotopic (exact) mass is 284 g/mol. The summed E-state index contributed by atoms with van der Waals surface area (Å²) < 4.78 is 2.38. The zero-order valence-corrected chi connectivity index (χ0v) is 13.9. The van der Waals surface area contributed by atoms with E-state index in [-0.39, 0.29) is 5.41 Å². The lowest BCUT2D eigenvalue weighted by Crippen LogP contribution is -2.19. The molecular weight excluding hydrogens is 256 g/mol. The summed E-state index contributed by atoms with van der Waals surface area (Å²) in [6, 6.07) is 6.62. The molecule has 0 atom stereocenters. The smallest absolute Gasteiger partial charge is 0.140 e. The van der Waals surface area contributed by atoms with Crippen molar-refractivity contribution < 1.29 is 0 Å². The Morgan fingerprint density at radius 1 is 1.19 bits per heavy atom. The first kappa shape index (κ1) is 14.6. The minimum Gasteiger partial charge on any atom is -0.332 e. The second-order valence-corrected chi connectivity index (χ2v) is 7.96. The Morgan fingerprint density at radius 2 is 1.90 bits per heavy atom. The molecule has 0 spiro atoms. The number of hydrogen-bond acceptors (Lipinski definition) is 1. The third-order valence-corrected chi connectivity index (χ3v) is 4.95. The Balaban J connectivity index is 1.84. The molecule has 1 fully saturated rings. The Labute approximate surface area is 128 Å². The minimum absolute atomic E-state index is 0.122. The molecule has 1 aliphatic carbocycles. The molecule has 0 N–H and O–H groups in total. The molecule has 3 rings (SSSR count). The first-order chi connectivity index (χ1) is 9.93. The van der Waals surface area contributed by atoms with Gasteiger partial charge >= 0.3 is 0 Å². The van der Waals surface area contributed by atoms with Crippen LogP contribution in [0.25, 0.3) is 11.4 Å². The first-order valence-electron chi connectivity index (χ1n) is 8.40. The van der Waals surface area contributed by atoms with Crippen LogP contribution in [-0.2, 0) is 12.0 Å². The predicted octanol–water partition coefficient (Wildman–Crippen LogP) is 5.11. The van der Waals surface area contributed by atoms with Crippen LogP contribution in [0.2, 0.25) is 0 Å². The van der Waals surface area contributed by atoms with Gasteiger partial charge in [0, 0.05) is 29.4 Å². The summed E-state index contributed by atoms with van der Waals surface area (Å²) in [7, 11) is 0. The maximum Gasteiger partial charge on any atom is 0.140 e. The molecule has 2 aliphatic heterocycles. The molecule has 0 bridgehead atoms. The Bertz CT molecular complexity index is 568. The van der Waals surface area contributed by atoms with Crippen molar-refractivity contribution in [1.82, 2.24) is 9.55 Å². The van der Waals surface area contributed by atoms with Gasteiger partial charge in [-0.25, -0.2) is 4.98 Å². The molecular formula is C19H28N2. The topological polar surface area (TPSA) is 17.8 Å². The van der Waals surface area contributed by atoms with E-state index in [9.17, 15) is 0 Å². The molecule has 0 aromatic rings.